The van der Waals surface area contributed by atoms with Crippen LogP contribution in [0.25, 0.3) is 11.1 Å². The first-order chi connectivity index (χ1) is 14.3. The van der Waals surface area contributed by atoms with Gasteiger partial charge in [0.15, 0.2) is 0 Å². The molecule has 0 fully saturated rings. The van der Waals surface area contributed by atoms with Crippen LogP contribution in [0.5, 0.6) is 0 Å². The van der Waals surface area contributed by atoms with E-state index >= 15 is 0 Å². The van der Waals surface area contributed by atoms with Gasteiger partial charge in [-0.15, -0.1) is 11.3 Å². The number of nitriles is 1. The predicted octanol–water partition coefficient (Wildman–Crippen LogP) is 4.39. The molecule has 0 saturated heterocycles. The SMILES string of the molecule is N#Cc1c(N)sc(C(=O)NC(=O)Nc2ccc(Cl)cc2)c1-c1cccc([N+](=O)[O-])c1. The van der Waals surface area contributed by atoms with Crippen LogP contribution in [0.1, 0.15) is 15.2 Å². The van der Waals surface area contributed by atoms with E-state index in [1.54, 1.807) is 24.3 Å². The molecule has 0 aliphatic carbocycles. The molecule has 0 spiro atoms. The maximum atomic E-state index is 12.7. The van der Waals surface area contributed by atoms with Gasteiger partial charge in [0.05, 0.1) is 10.5 Å². The van der Waals surface area contributed by atoms with Crippen LogP contribution in [0.4, 0.5) is 21.2 Å². The number of imide groups is 1. The highest BCUT2D eigenvalue weighted by Crippen LogP contribution is 2.39. The Bertz CT molecular complexity index is 1200. The Hall–Kier alpha value is -3.94. The molecule has 0 atom stereocenters. The number of hydrogen-bond acceptors (Lipinski definition) is 7. The predicted molar refractivity (Wildman–Crippen MR) is 113 cm³/mol. The van der Waals surface area contributed by atoms with E-state index in [1.807, 2.05) is 6.07 Å². The lowest BCUT2D eigenvalue weighted by atomic mass is 10.0. The summed E-state index contributed by atoms with van der Waals surface area (Å²) in [6, 6.07) is 12.8. The van der Waals surface area contributed by atoms with Crippen molar-refractivity contribution < 1.29 is 14.5 Å². The minimum atomic E-state index is -0.808. The van der Waals surface area contributed by atoms with Crippen molar-refractivity contribution in [2.45, 2.75) is 0 Å². The molecule has 1 aromatic heterocycles. The van der Waals surface area contributed by atoms with Gasteiger partial charge in [-0.25, -0.2) is 4.79 Å². The summed E-state index contributed by atoms with van der Waals surface area (Å²) >= 11 is 6.60. The fourth-order valence-corrected chi connectivity index (χ4v) is 3.69. The van der Waals surface area contributed by atoms with Crippen LogP contribution in [0.3, 0.4) is 0 Å². The highest BCUT2D eigenvalue weighted by Gasteiger charge is 2.25. The average molecular weight is 442 g/mol. The second kappa shape index (κ2) is 8.60. The van der Waals surface area contributed by atoms with E-state index in [9.17, 15) is 25.0 Å². The van der Waals surface area contributed by atoms with E-state index in [1.165, 1.54) is 24.3 Å². The smallest absolute Gasteiger partial charge is 0.326 e. The Morgan fingerprint density at radius 1 is 1.20 bits per heavy atom. The van der Waals surface area contributed by atoms with Gasteiger partial charge in [0, 0.05) is 28.4 Å². The standard InChI is InChI=1S/C19H12ClN5O4S/c20-11-4-6-12(7-5-11)23-19(27)24-18(26)16-15(14(9-21)17(22)30-16)10-2-1-3-13(8-10)25(28)29/h1-8H,22H2,(H2,23,24,26,27). The molecule has 0 unspecified atom stereocenters. The molecule has 11 heteroatoms. The number of carbonyl (C=O) groups excluding carboxylic acids is 2. The van der Waals surface area contributed by atoms with E-state index in [2.05, 4.69) is 10.6 Å². The molecule has 0 aliphatic rings. The zero-order chi connectivity index (χ0) is 21.8. The molecule has 0 bridgehead atoms. The molecule has 1 heterocycles. The molecule has 0 saturated carbocycles. The van der Waals surface area contributed by atoms with E-state index in [-0.39, 0.29) is 32.3 Å². The first-order valence-corrected chi connectivity index (χ1v) is 9.44. The van der Waals surface area contributed by atoms with Crippen molar-refractivity contribution in [2.24, 2.45) is 0 Å². The number of non-ortho nitro benzene ring substituents is 1. The van der Waals surface area contributed by atoms with E-state index in [4.69, 9.17) is 17.3 Å². The summed E-state index contributed by atoms with van der Waals surface area (Å²) in [5.74, 6) is -0.804. The Morgan fingerprint density at radius 3 is 2.53 bits per heavy atom. The zero-order valence-electron chi connectivity index (χ0n) is 15.0. The van der Waals surface area contributed by atoms with Gasteiger partial charge >= 0.3 is 6.03 Å². The summed E-state index contributed by atoms with van der Waals surface area (Å²) in [5.41, 5.74) is 6.45. The molecule has 30 heavy (non-hydrogen) atoms. The zero-order valence-corrected chi connectivity index (χ0v) is 16.6. The van der Waals surface area contributed by atoms with Crippen LogP contribution in [0.15, 0.2) is 48.5 Å². The maximum Gasteiger partial charge on any atom is 0.326 e. The van der Waals surface area contributed by atoms with Crippen LogP contribution >= 0.6 is 22.9 Å². The number of nitro benzene ring substituents is 1. The number of anilines is 2. The number of nitro groups is 1. The van der Waals surface area contributed by atoms with Crippen molar-refractivity contribution in [2.75, 3.05) is 11.1 Å². The number of nitrogens with one attached hydrogen (secondary N) is 2. The Labute approximate surface area is 178 Å². The van der Waals surface area contributed by atoms with Crippen LogP contribution in [0, 0.1) is 21.4 Å². The van der Waals surface area contributed by atoms with Crippen molar-refractivity contribution in [1.82, 2.24) is 5.32 Å². The molecule has 150 valence electrons. The van der Waals surface area contributed by atoms with E-state index in [0.29, 0.717) is 10.7 Å². The molecule has 0 radical (unpaired) electrons. The minimum Gasteiger partial charge on any atom is -0.389 e. The Morgan fingerprint density at radius 2 is 1.90 bits per heavy atom. The molecular formula is C19H12ClN5O4S. The monoisotopic (exact) mass is 441 g/mol. The number of halogens is 1. The highest BCUT2D eigenvalue weighted by atomic mass is 35.5. The van der Waals surface area contributed by atoms with Crippen molar-refractivity contribution >= 4 is 51.3 Å². The third-order valence-corrected chi connectivity index (χ3v) is 5.20. The quantitative estimate of drug-likeness (QED) is 0.403. The van der Waals surface area contributed by atoms with Crippen molar-refractivity contribution in [3.05, 3.63) is 74.1 Å². The number of benzene rings is 2. The lowest BCUT2D eigenvalue weighted by molar-refractivity contribution is -0.384. The fourth-order valence-electron chi connectivity index (χ4n) is 2.63. The van der Waals surface area contributed by atoms with Gasteiger partial charge in [0.2, 0.25) is 0 Å². The van der Waals surface area contributed by atoms with Crippen LogP contribution < -0.4 is 16.4 Å². The number of nitrogen functional groups attached to an aromatic ring is 1. The van der Waals surface area contributed by atoms with Crippen molar-refractivity contribution in [1.29, 1.82) is 5.26 Å². The van der Waals surface area contributed by atoms with E-state index in [0.717, 1.165) is 11.3 Å². The molecule has 3 aromatic rings. The summed E-state index contributed by atoms with van der Waals surface area (Å²) < 4.78 is 0. The maximum absolute atomic E-state index is 12.7. The van der Waals surface area contributed by atoms with Gasteiger partial charge in [0.25, 0.3) is 11.6 Å². The van der Waals surface area contributed by atoms with Crippen LogP contribution in [-0.2, 0) is 0 Å². The second-order valence-electron chi connectivity index (χ2n) is 5.88. The largest absolute Gasteiger partial charge is 0.389 e. The van der Waals surface area contributed by atoms with Crippen molar-refractivity contribution in [3.63, 3.8) is 0 Å². The lowest BCUT2D eigenvalue weighted by Gasteiger charge is -2.08. The normalized spacial score (nSPS) is 10.1. The van der Waals surface area contributed by atoms with Crippen LogP contribution in [-0.4, -0.2) is 16.9 Å². The van der Waals surface area contributed by atoms with Gasteiger partial charge in [-0.05, 0) is 29.8 Å². The lowest BCUT2D eigenvalue weighted by Crippen LogP contribution is -2.34. The Kier molecular flexibility index (Phi) is 5.96. The molecular weight excluding hydrogens is 430 g/mol. The van der Waals surface area contributed by atoms with Gasteiger partial charge in [-0.3, -0.25) is 20.2 Å². The third kappa shape index (κ3) is 4.38. The number of nitrogens with zero attached hydrogens (tertiary/aromatic N) is 2. The van der Waals surface area contributed by atoms with Crippen molar-refractivity contribution in [3.8, 4) is 17.2 Å². The third-order valence-electron chi connectivity index (χ3n) is 3.93. The minimum absolute atomic E-state index is 0.00348. The molecule has 4 N–H and O–H groups in total. The topological polar surface area (TPSA) is 151 Å². The van der Waals surface area contributed by atoms with Gasteiger partial charge in [-0.2, -0.15) is 5.26 Å². The fraction of sp³-hybridized carbons (Fsp3) is 0. The molecule has 0 aliphatic heterocycles. The van der Waals surface area contributed by atoms with Gasteiger partial charge in [-0.1, -0.05) is 23.7 Å². The average Bonchev–Trinajstić information content (AvgIpc) is 3.06. The summed E-state index contributed by atoms with van der Waals surface area (Å²) in [7, 11) is 0. The van der Waals surface area contributed by atoms with Crippen LogP contribution in [0.2, 0.25) is 5.02 Å². The summed E-state index contributed by atoms with van der Waals surface area (Å²) in [4.78, 5) is 35.4. The first kappa shape index (κ1) is 20.8. The number of hydrogen-bond donors (Lipinski definition) is 3. The molecule has 9 nitrogen and oxygen atoms in total. The summed E-state index contributed by atoms with van der Waals surface area (Å²) in [6.45, 7) is 0. The number of rotatable bonds is 4. The van der Waals surface area contributed by atoms with Gasteiger partial charge in [0.1, 0.15) is 15.9 Å². The van der Waals surface area contributed by atoms with Gasteiger partial charge < -0.3 is 11.1 Å². The number of urea groups is 1. The molecule has 3 amide bonds. The number of carbonyl (C=O) groups is 2. The summed E-state index contributed by atoms with van der Waals surface area (Å²) in [5, 5.41) is 25.7. The number of nitrogens with two attached hydrogens (primary N) is 1. The second-order valence-corrected chi connectivity index (χ2v) is 7.37. The molecule has 3 rings (SSSR count). The Balaban J connectivity index is 1.92. The summed E-state index contributed by atoms with van der Waals surface area (Å²) in [6.07, 6.45) is 0. The first-order valence-electron chi connectivity index (χ1n) is 8.25. The number of amides is 3. The number of thiophene rings is 1. The van der Waals surface area contributed by atoms with E-state index < -0.39 is 16.9 Å². The molecule has 2 aromatic carbocycles. The highest BCUT2D eigenvalue weighted by molar-refractivity contribution is 7.18.